The summed E-state index contributed by atoms with van der Waals surface area (Å²) in [4.78, 5) is 26.5. The summed E-state index contributed by atoms with van der Waals surface area (Å²) < 4.78 is 7.25. The van der Waals surface area contributed by atoms with Gasteiger partial charge < -0.3 is 16.2 Å². The van der Waals surface area contributed by atoms with E-state index in [2.05, 4.69) is 16.8 Å². The number of ether oxygens (including phenoxy) is 1. The molecule has 4 aromatic rings. The zero-order valence-electron chi connectivity index (χ0n) is 18.5. The van der Waals surface area contributed by atoms with Gasteiger partial charge >= 0.3 is 0 Å². The number of nitrogens with two attached hydrogens (primary N) is 2. The average molecular weight is 459 g/mol. The Balaban J connectivity index is 1.89. The first-order valence-corrected chi connectivity index (χ1v) is 11.4. The first kappa shape index (κ1) is 21.0. The number of thiazole rings is 1. The van der Waals surface area contributed by atoms with Crippen LogP contribution in [-0.4, -0.2) is 32.5 Å². The molecule has 5 rings (SSSR count). The van der Waals surface area contributed by atoms with Crippen LogP contribution < -0.4 is 16.2 Å². The lowest BCUT2D eigenvalue weighted by atomic mass is 10.1. The highest BCUT2D eigenvalue weighted by atomic mass is 32.1. The predicted octanol–water partition coefficient (Wildman–Crippen LogP) is 3.61. The fraction of sp³-hybridized carbons (Fsp3) is 0.250. The summed E-state index contributed by atoms with van der Waals surface area (Å²) in [5.74, 6) is 7.02. The number of hydrogen-bond donors (Lipinski definition) is 2. The Morgan fingerprint density at radius 2 is 2.06 bits per heavy atom. The summed E-state index contributed by atoms with van der Waals surface area (Å²) >= 11 is 1.43. The highest BCUT2D eigenvalue weighted by molar-refractivity contribution is 7.13. The maximum Gasteiger partial charge on any atom is 0.254 e. The molecule has 1 aliphatic rings. The van der Waals surface area contributed by atoms with E-state index >= 15 is 0 Å². The van der Waals surface area contributed by atoms with Crippen LogP contribution in [0.15, 0.2) is 23.7 Å². The monoisotopic (exact) mass is 458 g/mol. The third-order valence-electron chi connectivity index (χ3n) is 5.70. The van der Waals surface area contributed by atoms with Gasteiger partial charge in [0.1, 0.15) is 39.0 Å². The molecular weight excluding hydrogens is 436 g/mol. The lowest BCUT2D eigenvalue weighted by molar-refractivity contribution is 0.100. The lowest BCUT2D eigenvalue weighted by Gasteiger charge is -2.16. The highest BCUT2D eigenvalue weighted by Gasteiger charge is 2.27. The van der Waals surface area contributed by atoms with Gasteiger partial charge in [-0.3, -0.25) is 9.36 Å². The van der Waals surface area contributed by atoms with Crippen LogP contribution in [0.5, 0.6) is 5.75 Å². The Hall–Kier alpha value is -3.90. The third-order valence-corrected chi connectivity index (χ3v) is 6.48. The van der Waals surface area contributed by atoms with E-state index in [1.54, 1.807) is 17.9 Å². The van der Waals surface area contributed by atoms with Crippen molar-refractivity contribution in [2.24, 2.45) is 11.7 Å². The fourth-order valence-electron chi connectivity index (χ4n) is 3.92. The van der Waals surface area contributed by atoms with Crippen molar-refractivity contribution in [2.75, 3.05) is 12.8 Å². The molecule has 1 aliphatic carbocycles. The molecule has 0 bridgehead atoms. The molecule has 0 spiro atoms. The van der Waals surface area contributed by atoms with Crippen molar-refractivity contribution >= 4 is 34.2 Å². The number of carbonyl (C=O) groups is 1. The van der Waals surface area contributed by atoms with Crippen molar-refractivity contribution in [1.29, 1.82) is 0 Å². The Labute approximate surface area is 194 Å². The van der Waals surface area contributed by atoms with Crippen LogP contribution in [0.3, 0.4) is 0 Å². The number of primary amides is 1. The number of aromatic nitrogens is 4. The van der Waals surface area contributed by atoms with Gasteiger partial charge in [-0.15, -0.1) is 11.3 Å². The highest BCUT2D eigenvalue weighted by Crippen LogP contribution is 2.37. The summed E-state index contributed by atoms with van der Waals surface area (Å²) in [5.41, 5.74) is 16.7. The fourth-order valence-corrected chi connectivity index (χ4v) is 4.55. The van der Waals surface area contributed by atoms with Crippen LogP contribution in [0, 0.1) is 31.6 Å². The molecule has 0 unspecified atom stereocenters. The number of carbonyl (C=O) groups excluding carboxylic acids is 1. The predicted molar refractivity (Wildman–Crippen MR) is 129 cm³/mol. The molecule has 8 nitrogen and oxygen atoms in total. The zero-order valence-corrected chi connectivity index (χ0v) is 19.3. The number of methoxy groups -OCH3 is 1. The Kier molecular flexibility index (Phi) is 5.02. The minimum Gasteiger partial charge on any atom is -0.496 e. The van der Waals surface area contributed by atoms with Crippen LogP contribution in [-0.2, 0) is 0 Å². The molecule has 0 aliphatic heterocycles. The molecule has 1 fully saturated rings. The summed E-state index contributed by atoms with van der Waals surface area (Å²) in [5, 5.41) is 2.52. The quantitative estimate of drug-likeness (QED) is 0.451. The van der Waals surface area contributed by atoms with E-state index in [1.165, 1.54) is 11.3 Å². The Morgan fingerprint density at radius 3 is 2.70 bits per heavy atom. The van der Waals surface area contributed by atoms with Crippen molar-refractivity contribution in [2.45, 2.75) is 26.7 Å². The molecule has 1 saturated carbocycles. The maximum absolute atomic E-state index is 12.5. The summed E-state index contributed by atoms with van der Waals surface area (Å²) in [6, 6.07) is 3.82. The number of nitrogen functional groups attached to an aromatic ring is 1. The van der Waals surface area contributed by atoms with Crippen LogP contribution in [0.1, 0.15) is 40.0 Å². The van der Waals surface area contributed by atoms with Gasteiger partial charge in [0.25, 0.3) is 5.91 Å². The van der Waals surface area contributed by atoms with Gasteiger partial charge in [-0.25, -0.2) is 15.0 Å². The maximum atomic E-state index is 12.5. The van der Waals surface area contributed by atoms with Gasteiger partial charge in [-0.05, 0) is 44.2 Å². The van der Waals surface area contributed by atoms with Crippen LogP contribution in [0.25, 0.3) is 27.6 Å². The number of aryl methyl sites for hydroxylation is 1. The molecule has 166 valence electrons. The molecule has 4 N–H and O–H groups in total. The smallest absolute Gasteiger partial charge is 0.254 e. The summed E-state index contributed by atoms with van der Waals surface area (Å²) in [6.45, 7) is 3.89. The van der Waals surface area contributed by atoms with E-state index < -0.39 is 5.91 Å². The molecule has 0 saturated heterocycles. The van der Waals surface area contributed by atoms with Gasteiger partial charge in [-0.1, -0.05) is 12.0 Å². The number of fused-ring (bicyclic) bond motifs is 1. The molecule has 33 heavy (non-hydrogen) atoms. The van der Waals surface area contributed by atoms with Crippen molar-refractivity contribution in [3.05, 3.63) is 46.1 Å². The molecule has 0 radical (unpaired) electrons. The van der Waals surface area contributed by atoms with Crippen molar-refractivity contribution in [1.82, 2.24) is 19.5 Å². The van der Waals surface area contributed by atoms with Crippen LogP contribution >= 0.6 is 11.3 Å². The number of hydrogen-bond acceptors (Lipinski definition) is 7. The van der Waals surface area contributed by atoms with Gasteiger partial charge in [0.05, 0.1) is 12.8 Å². The number of nitrogens with zero attached hydrogens (tertiary/aromatic N) is 4. The third kappa shape index (κ3) is 3.49. The zero-order chi connectivity index (χ0) is 23.3. The second-order valence-electron chi connectivity index (χ2n) is 7.99. The Morgan fingerprint density at radius 1 is 1.27 bits per heavy atom. The van der Waals surface area contributed by atoms with Gasteiger partial charge in [0.15, 0.2) is 5.65 Å². The average Bonchev–Trinajstić information content (AvgIpc) is 3.36. The standard InChI is InChI=1S/C24H22N6O2S/c1-12-4-9-16(32-3)13(2)20(12)30-21(25)17(22(26)31)19-23(30)28-15(8-7-14-5-6-14)18(29-19)24-27-10-11-33-24/h4,9-11,14H,5-6,25H2,1-3H3,(H2,26,31). The Bertz CT molecular complexity index is 1470. The van der Waals surface area contributed by atoms with E-state index in [-0.39, 0.29) is 11.4 Å². The molecular formula is C24H22N6O2S. The number of amides is 1. The first-order chi connectivity index (χ1) is 15.9. The molecule has 1 aromatic carbocycles. The SMILES string of the molecule is COc1ccc(C)c(-n2c(N)c(C(N)=O)c3nc(-c4nccs4)c(C#CC4CC4)nc32)c1C. The van der Waals surface area contributed by atoms with E-state index in [0.717, 1.165) is 29.7 Å². The van der Waals surface area contributed by atoms with Crippen LogP contribution in [0.2, 0.25) is 0 Å². The topological polar surface area (TPSA) is 122 Å². The van der Waals surface area contributed by atoms with E-state index in [0.29, 0.717) is 39.2 Å². The number of rotatable bonds is 4. The van der Waals surface area contributed by atoms with Crippen molar-refractivity contribution < 1.29 is 9.53 Å². The van der Waals surface area contributed by atoms with Gasteiger partial charge in [0.2, 0.25) is 0 Å². The van der Waals surface area contributed by atoms with E-state index in [9.17, 15) is 4.79 Å². The second-order valence-corrected chi connectivity index (χ2v) is 8.89. The minimum atomic E-state index is -0.675. The lowest BCUT2D eigenvalue weighted by Crippen LogP contribution is -2.14. The van der Waals surface area contributed by atoms with Crippen molar-refractivity contribution in [3.8, 4) is 34.0 Å². The van der Waals surface area contributed by atoms with E-state index in [1.807, 2.05) is 31.4 Å². The normalized spacial score (nSPS) is 13.1. The molecule has 0 atom stereocenters. The number of benzene rings is 1. The second kappa shape index (κ2) is 7.90. The van der Waals surface area contributed by atoms with Gasteiger partial charge in [-0.2, -0.15) is 0 Å². The first-order valence-electron chi connectivity index (χ1n) is 10.5. The molecule has 1 amide bonds. The van der Waals surface area contributed by atoms with E-state index in [4.69, 9.17) is 26.2 Å². The minimum absolute atomic E-state index is 0.124. The molecule has 3 aromatic heterocycles. The van der Waals surface area contributed by atoms with Crippen molar-refractivity contribution in [3.63, 3.8) is 0 Å². The van der Waals surface area contributed by atoms with Crippen LogP contribution in [0.4, 0.5) is 5.82 Å². The van der Waals surface area contributed by atoms with Gasteiger partial charge in [0, 0.05) is 23.1 Å². The summed E-state index contributed by atoms with van der Waals surface area (Å²) in [6.07, 6.45) is 3.88. The largest absolute Gasteiger partial charge is 0.496 e. The number of anilines is 1. The summed E-state index contributed by atoms with van der Waals surface area (Å²) in [7, 11) is 1.61. The molecule has 9 heteroatoms. The molecule has 3 heterocycles.